The predicted molar refractivity (Wildman–Crippen MR) is 65.0 cm³/mol. The summed E-state index contributed by atoms with van der Waals surface area (Å²) >= 11 is 11.6. The average Bonchev–Trinajstić information content (AvgIpc) is 2.26. The zero-order valence-corrected chi connectivity index (χ0v) is 10.7. The fraction of sp³-hybridized carbons (Fsp3) is 0.545. The molecule has 0 aromatic carbocycles. The molecule has 0 N–H and O–H groups in total. The molecule has 0 bridgehead atoms. The molecule has 0 unspecified atom stereocenters. The molecule has 0 aliphatic heterocycles. The Hall–Kier alpha value is -0.350. The van der Waals surface area contributed by atoms with E-state index in [4.69, 9.17) is 32.7 Å². The van der Waals surface area contributed by atoms with Crippen molar-refractivity contribution in [2.75, 3.05) is 19.8 Å². The highest BCUT2D eigenvalue weighted by molar-refractivity contribution is 6.32. The van der Waals surface area contributed by atoms with Gasteiger partial charge in [-0.3, -0.25) is 0 Å². The lowest BCUT2D eigenvalue weighted by molar-refractivity contribution is 0.0408. The van der Waals surface area contributed by atoms with E-state index in [1.54, 1.807) is 6.07 Å². The van der Waals surface area contributed by atoms with Crippen molar-refractivity contribution < 1.29 is 9.47 Å². The Balaban J connectivity index is 2.21. The summed E-state index contributed by atoms with van der Waals surface area (Å²) in [5.41, 5.74) is 0.835. The van der Waals surface area contributed by atoms with Gasteiger partial charge in [0.15, 0.2) is 0 Å². The lowest BCUT2D eigenvalue weighted by Gasteiger charge is -2.06. The Bertz CT molecular complexity index is 321. The molecule has 5 heteroatoms. The quantitative estimate of drug-likeness (QED) is 0.559. The average molecular weight is 264 g/mol. The Labute approximate surface area is 106 Å². The van der Waals surface area contributed by atoms with Crippen LogP contribution < -0.4 is 0 Å². The molecule has 0 spiro atoms. The monoisotopic (exact) mass is 263 g/mol. The molecule has 0 atom stereocenters. The number of aromatic nitrogens is 1. The van der Waals surface area contributed by atoms with E-state index in [2.05, 4.69) is 11.9 Å². The molecule has 3 nitrogen and oxygen atoms in total. The number of rotatable bonds is 7. The van der Waals surface area contributed by atoms with Crippen LogP contribution >= 0.6 is 23.2 Å². The van der Waals surface area contributed by atoms with Crippen LogP contribution in [0, 0.1) is 0 Å². The molecule has 0 aliphatic carbocycles. The Morgan fingerprint density at radius 2 is 1.88 bits per heavy atom. The van der Waals surface area contributed by atoms with Gasteiger partial charge in [0.05, 0.1) is 19.8 Å². The van der Waals surface area contributed by atoms with Crippen LogP contribution in [0.15, 0.2) is 12.1 Å². The van der Waals surface area contributed by atoms with Crippen molar-refractivity contribution in [1.29, 1.82) is 0 Å². The summed E-state index contributed by atoms with van der Waals surface area (Å²) in [6.07, 6.45) is 1.02. The maximum atomic E-state index is 5.89. The zero-order valence-electron chi connectivity index (χ0n) is 9.21. The van der Waals surface area contributed by atoms with Crippen molar-refractivity contribution in [3.8, 4) is 0 Å². The van der Waals surface area contributed by atoms with Crippen molar-refractivity contribution in [3.63, 3.8) is 0 Å². The summed E-state index contributed by atoms with van der Waals surface area (Å²) in [7, 11) is 0. The smallest absolute Gasteiger partial charge is 0.136 e. The van der Waals surface area contributed by atoms with Gasteiger partial charge in [-0.2, -0.15) is 0 Å². The summed E-state index contributed by atoms with van der Waals surface area (Å²) in [6, 6.07) is 3.50. The third-order valence-corrected chi connectivity index (χ3v) is 2.41. The molecule has 0 fully saturated rings. The fourth-order valence-corrected chi connectivity index (χ4v) is 1.49. The molecule has 0 amide bonds. The van der Waals surface area contributed by atoms with Gasteiger partial charge in [-0.25, -0.2) is 4.98 Å². The molecule has 0 radical (unpaired) electrons. The van der Waals surface area contributed by atoms with Gasteiger partial charge in [0.1, 0.15) is 10.3 Å². The Kier molecular flexibility index (Phi) is 6.73. The van der Waals surface area contributed by atoms with E-state index in [1.165, 1.54) is 0 Å². The van der Waals surface area contributed by atoms with E-state index in [9.17, 15) is 0 Å². The molecule has 0 saturated carbocycles. The Morgan fingerprint density at radius 1 is 1.12 bits per heavy atom. The van der Waals surface area contributed by atoms with Crippen molar-refractivity contribution in [2.24, 2.45) is 0 Å². The maximum absolute atomic E-state index is 5.89. The van der Waals surface area contributed by atoms with Crippen LogP contribution in [-0.4, -0.2) is 24.8 Å². The highest BCUT2D eigenvalue weighted by atomic mass is 35.5. The molecule has 1 rings (SSSR count). The molecule has 1 aromatic heterocycles. The maximum Gasteiger partial charge on any atom is 0.136 e. The van der Waals surface area contributed by atoms with Crippen LogP contribution in [0.4, 0.5) is 0 Å². The molecular weight excluding hydrogens is 249 g/mol. The first-order valence-corrected chi connectivity index (χ1v) is 5.96. The van der Waals surface area contributed by atoms with E-state index < -0.39 is 0 Å². The zero-order chi connectivity index (χ0) is 11.8. The minimum absolute atomic E-state index is 0.389. The van der Waals surface area contributed by atoms with E-state index in [0.29, 0.717) is 30.1 Å². The first-order valence-electron chi connectivity index (χ1n) is 5.20. The topological polar surface area (TPSA) is 31.4 Å². The second kappa shape index (κ2) is 7.85. The van der Waals surface area contributed by atoms with Gasteiger partial charge in [0.2, 0.25) is 0 Å². The number of hydrogen-bond acceptors (Lipinski definition) is 3. The SMILES string of the molecule is CCCOCCOCc1ccc(Cl)nc1Cl. The van der Waals surface area contributed by atoms with Crippen molar-refractivity contribution in [1.82, 2.24) is 4.98 Å². The van der Waals surface area contributed by atoms with Crippen molar-refractivity contribution in [3.05, 3.63) is 28.0 Å². The summed E-state index contributed by atoms with van der Waals surface area (Å²) in [5, 5.41) is 0.780. The molecule has 16 heavy (non-hydrogen) atoms. The first-order chi connectivity index (χ1) is 7.74. The highest BCUT2D eigenvalue weighted by Crippen LogP contribution is 2.17. The predicted octanol–water partition coefficient (Wildman–Crippen LogP) is 3.33. The minimum Gasteiger partial charge on any atom is -0.379 e. The lowest BCUT2D eigenvalue weighted by Crippen LogP contribution is -2.05. The standard InChI is InChI=1S/C11H15Cl2NO2/c1-2-5-15-6-7-16-8-9-3-4-10(12)14-11(9)13/h3-4H,2,5-8H2,1H3. The minimum atomic E-state index is 0.389. The van der Waals surface area contributed by atoms with E-state index in [-0.39, 0.29) is 0 Å². The van der Waals surface area contributed by atoms with Crippen molar-refractivity contribution >= 4 is 23.2 Å². The normalized spacial score (nSPS) is 10.7. The fourth-order valence-electron chi connectivity index (χ4n) is 1.10. The number of hydrogen-bond donors (Lipinski definition) is 0. The van der Waals surface area contributed by atoms with E-state index >= 15 is 0 Å². The van der Waals surface area contributed by atoms with Crippen LogP contribution in [0.1, 0.15) is 18.9 Å². The van der Waals surface area contributed by atoms with Gasteiger partial charge in [0, 0.05) is 12.2 Å². The van der Waals surface area contributed by atoms with Crippen LogP contribution in [-0.2, 0) is 16.1 Å². The molecule has 1 aromatic rings. The van der Waals surface area contributed by atoms with Crippen LogP contribution in [0.25, 0.3) is 0 Å². The van der Waals surface area contributed by atoms with Crippen LogP contribution in [0.5, 0.6) is 0 Å². The molecule has 0 saturated heterocycles. The van der Waals surface area contributed by atoms with Crippen molar-refractivity contribution in [2.45, 2.75) is 20.0 Å². The van der Waals surface area contributed by atoms with Crippen LogP contribution in [0.2, 0.25) is 10.3 Å². The summed E-state index contributed by atoms with van der Waals surface area (Å²) in [4.78, 5) is 3.92. The number of halogens is 2. The second-order valence-corrected chi connectivity index (χ2v) is 3.99. The molecule has 0 aliphatic rings. The summed E-state index contributed by atoms with van der Waals surface area (Å²) in [5.74, 6) is 0. The third-order valence-electron chi connectivity index (χ3n) is 1.87. The lowest BCUT2D eigenvalue weighted by atomic mass is 10.3. The third kappa shape index (κ3) is 5.12. The Morgan fingerprint density at radius 3 is 2.56 bits per heavy atom. The largest absolute Gasteiger partial charge is 0.379 e. The summed E-state index contributed by atoms with van der Waals surface area (Å²) < 4.78 is 10.7. The van der Waals surface area contributed by atoms with Gasteiger partial charge < -0.3 is 9.47 Å². The molecule has 1 heterocycles. The second-order valence-electron chi connectivity index (χ2n) is 3.25. The highest BCUT2D eigenvalue weighted by Gasteiger charge is 2.02. The van der Waals surface area contributed by atoms with Gasteiger partial charge in [-0.05, 0) is 12.5 Å². The molecule has 90 valence electrons. The number of nitrogens with zero attached hydrogens (tertiary/aromatic N) is 1. The van der Waals surface area contributed by atoms with Gasteiger partial charge in [0.25, 0.3) is 0 Å². The number of ether oxygens (including phenoxy) is 2. The van der Waals surface area contributed by atoms with Gasteiger partial charge >= 0.3 is 0 Å². The van der Waals surface area contributed by atoms with Gasteiger partial charge in [-0.15, -0.1) is 0 Å². The van der Waals surface area contributed by atoms with E-state index in [1.807, 2.05) is 6.07 Å². The molecular formula is C11H15Cl2NO2. The first kappa shape index (κ1) is 13.7. The van der Waals surface area contributed by atoms with E-state index in [0.717, 1.165) is 18.6 Å². The summed E-state index contributed by atoms with van der Waals surface area (Å²) in [6.45, 7) is 4.43. The number of pyridine rings is 1. The van der Waals surface area contributed by atoms with Gasteiger partial charge in [-0.1, -0.05) is 36.2 Å². The van der Waals surface area contributed by atoms with Crippen LogP contribution in [0.3, 0.4) is 0 Å².